The minimum absolute atomic E-state index is 0.00760. The predicted molar refractivity (Wildman–Crippen MR) is 81.0 cm³/mol. The number of ether oxygens (including phenoxy) is 2. The fourth-order valence-corrected chi connectivity index (χ4v) is 2.35. The molecule has 0 amide bonds. The molecule has 0 unspecified atom stereocenters. The zero-order chi connectivity index (χ0) is 16.3. The number of aromatic hydroxyl groups is 1. The summed E-state index contributed by atoms with van der Waals surface area (Å²) < 4.78 is 9.39. The first-order chi connectivity index (χ1) is 10.5. The number of phenolic OH excluding ortho intramolecular Hbond substituents is 1. The van der Waals surface area contributed by atoms with Gasteiger partial charge in [-0.3, -0.25) is 0 Å². The third-order valence-corrected chi connectivity index (χ3v) is 3.43. The Hall–Kier alpha value is -2.82. The molecule has 2 aromatic rings. The monoisotopic (exact) mass is 300 g/mol. The lowest BCUT2D eigenvalue weighted by atomic mass is 9.92. The van der Waals surface area contributed by atoms with Crippen LogP contribution in [0.3, 0.4) is 0 Å². The fraction of sp³-hybridized carbons (Fsp3) is 0.176. The summed E-state index contributed by atoms with van der Waals surface area (Å²) in [6.45, 7) is 1.69. The number of phenols is 1. The predicted octanol–water partition coefficient (Wildman–Crippen LogP) is 2.94. The van der Waals surface area contributed by atoms with Gasteiger partial charge in [0.05, 0.1) is 19.8 Å². The van der Waals surface area contributed by atoms with Gasteiger partial charge < -0.3 is 14.6 Å². The first-order valence-electron chi connectivity index (χ1n) is 6.59. The van der Waals surface area contributed by atoms with E-state index in [0.717, 1.165) is 5.56 Å². The summed E-state index contributed by atoms with van der Waals surface area (Å²) in [5.74, 6) is -1.82. The van der Waals surface area contributed by atoms with E-state index in [2.05, 4.69) is 4.74 Å². The molecule has 5 heteroatoms. The van der Waals surface area contributed by atoms with E-state index in [0.29, 0.717) is 11.1 Å². The number of carbonyl (C=O) groups excluding carboxylic acids is 2. The van der Waals surface area contributed by atoms with Crippen LogP contribution in [0.2, 0.25) is 0 Å². The van der Waals surface area contributed by atoms with Crippen LogP contribution < -0.4 is 0 Å². The Labute approximate surface area is 128 Å². The van der Waals surface area contributed by atoms with Crippen molar-refractivity contribution in [3.05, 3.63) is 53.1 Å². The maximum absolute atomic E-state index is 12.1. The summed E-state index contributed by atoms with van der Waals surface area (Å²) in [6, 6.07) is 10.7. The van der Waals surface area contributed by atoms with E-state index in [1.165, 1.54) is 20.3 Å². The Bertz CT molecular complexity index is 720. The molecule has 0 spiro atoms. The Morgan fingerprint density at radius 2 is 1.50 bits per heavy atom. The highest BCUT2D eigenvalue weighted by atomic mass is 16.5. The van der Waals surface area contributed by atoms with E-state index in [1.54, 1.807) is 6.92 Å². The lowest BCUT2D eigenvalue weighted by Crippen LogP contribution is -2.14. The molecule has 0 heterocycles. The molecular weight excluding hydrogens is 284 g/mol. The lowest BCUT2D eigenvalue weighted by Gasteiger charge is -2.15. The van der Waals surface area contributed by atoms with Crippen LogP contribution in [0.4, 0.5) is 0 Å². The number of rotatable bonds is 3. The Balaban J connectivity index is 2.79. The average molecular weight is 300 g/mol. The maximum atomic E-state index is 12.1. The Morgan fingerprint density at radius 1 is 0.955 bits per heavy atom. The van der Waals surface area contributed by atoms with E-state index >= 15 is 0 Å². The van der Waals surface area contributed by atoms with Gasteiger partial charge in [-0.15, -0.1) is 0 Å². The maximum Gasteiger partial charge on any atom is 0.342 e. The summed E-state index contributed by atoms with van der Waals surface area (Å²) in [4.78, 5) is 24.0. The van der Waals surface area contributed by atoms with Gasteiger partial charge in [-0.25, -0.2) is 9.59 Å². The Morgan fingerprint density at radius 3 is 2.05 bits per heavy atom. The van der Waals surface area contributed by atoms with Crippen molar-refractivity contribution in [3.8, 4) is 16.9 Å². The van der Waals surface area contributed by atoms with Gasteiger partial charge in [-0.1, -0.05) is 30.3 Å². The molecule has 2 rings (SSSR count). The van der Waals surface area contributed by atoms with E-state index in [9.17, 15) is 14.7 Å². The van der Waals surface area contributed by atoms with Gasteiger partial charge in [-0.2, -0.15) is 0 Å². The molecule has 114 valence electrons. The highest BCUT2D eigenvalue weighted by Crippen LogP contribution is 2.34. The van der Waals surface area contributed by atoms with Gasteiger partial charge in [0.2, 0.25) is 0 Å². The zero-order valence-corrected chi connectivity index (χ0v) is 12.5. The molecule has 0 aliphatic heterocycles. The van der Waals surface area contributed by atoms with Crippen molar-refractivity contribution in [3.63, 3.8) is 0 Å². The van der Waals surface area contributed by atoms with Crippen molar-refractivity contribution in [1.82, 2.24) is 0 Å². The second kappa shape index (κ2) is 6.30. The van der Waals surface area contributed by atoms with E-state index in [-0.39, 0.29) is 16.9 Å². The van der Waals surface area contributed by atoms with Gasteiger partial charge in [0, 0.05) is 0 Å². The summed E-state index contributed by atoms with van der Waals surface area (Å²) in [6.07, 6.45) is 0. The Kier molecular flexibility index (Phi) is 4.46. The van der Waals surface area contributed by atoms with Crippen molar-refractivity contribution in [2.45, 2.75) is 6.92 Å². The lowest BCUT2D eigenvalue weighted by molar-refractivity contribution is 0.0551. The molecule has 2 aromatic carbocycles. The smallest absolute Gasteiger partial charge is 0.342 e. The van der Waals surface area contributed by atoms with Crippen molar-refractivity contribution in [2.24, 2.45) is 0 Å². The van der Waals surface area contributed by atoms with Gasteiger partial charge >= 0.3 is 11.9 Å². The van der Waals surface area contributed by atoms with Crippen LogP contribution in [-0.4, -0.2) is 31.3 Å². The van der Waals surface area contributed by atoms with Gasteiger partial charge in [0.15, 0.2) is 0 Å². The van der Waals surface area contributed by atoms with Crippen LogP contribution in [0.5, 0.6) is 5.75 Å². The van der Waals surface area contributed by atoms with Crippen LogP contribution in [-0.2, 0) is 9.47 Å². The SMILES string of the molecule is COC(=O)c1c(O)cc(-c2ccccc2)c(C)c1C(=O)OC. The third kappa shape index (κ3) is 2.65. The summed E-state index contributed by atoms with van der Waals surface area (Å²) in [5.41, 5.74) is 1.82. The molecule has 5 nitrogen and oxygen atoms in total. The molecule has 0 fully saturated rings. The van der Waals surface area contributed by atoms with E-state index in [4.69, 9.17) is 4.74 Å². The zero-order valence-electron chi connectivity index (χ0n) is 12.5. The van der Waals surface area contributed by atoms with E-state index < -0.39 is 11.9 Å². The summed E-state index contributed by atoms with van der Waals surface area (Å²) in [7, 11) is 2.40. The van der Waals surface area contributed by atoms with Crippen LogP contribution in [0.25, 0.3) is 11.1 Å². The standard InChI is InChI=1S/C17H16O5/c1-10-12(11-7-5-4-6-8-11)9-13(18)15(17(20)22-3)14(10)16(19)21-2/h4-9,18H,1-3H3. The second-order valence-electron chi connectivity index (χ2n) is 4.67. The van der Waals surface area contributed by atoms with Crippen molar-refractivity contribution in [1.29, 1.82) is 0 Å². The molecule has 0 atom stereocenters. The molecule has 0 radical (unpaired) electrons. The molecule has 22 heavy (non-hydrogen) atoms. The van der Waals surface area contributed by atoms with Crippen molar-refractivity contribution >= 4 is 11.9 Å². The summed E-state index contributed by atoms with van der Waals surface area (Å²) >= 11 is 0. The highest BCUT2D eigenvalue weighted by Gasteiger charge is 2.27. The first-order valence-corrected chi connectivity index (χ1v) is 6.59. The van der Waals surface area contributed by atoms with Crippen LogP contribution >= 0.6 is 0 Å². The highest BCUT2D eigenvalue weighted by molar-refractivity contribution is 6.07. The van der Waals surface area contributed by atoms with Gasteiger partial charge in [-0.05, 0) is 29.7 Å². The number of benzene rings is 2. The molecule has 0 saturated carbocycles. The number of carbonyl (C=O) groups is 2. The molecule has 1 N–H and O–H groups in total. The second-order valence-corrected chi connectivity index (χ2v) is 4.67. The largest absolute Gasteiger partial charge is 0.507 e. The van der Waals surface area contributed by atoms with Crippen LogP contribution in [0.15, 0.2) is 36.4 Å². The number of esters is 2. The normalized spacial score (nSPS) is 10.1. The van der Waals surface area contributed by atoms with E-state index in [1.807, 2.05) is 30.3 Å². The minimum Gasteiger partial charge on any atom is -0.507 e. The van der Waals surface area contributed by atoms with Crippen molar-refractivity contribution < 1.29 is 24.2 Å². The van der Waals surface area contributed by atoms with Crippen LogP contribution in [0, 0.1) is 6.92 Å². The van der Waals surface area contributed by atoms with Crippen molar-refractivity contribution in [2.75, 3.05) is 14.2 Å². The number of hydrogen-bond donors (Lipinski definition) is 1. The number of methoxy groups -OCH3 is 2. The quantitative estimate of drug-likeness (QED) is 0.882. The molecule has 0 aliphatic carbocycles. The molecular formula is C17H16O5. The molecule has 0 aliphatic rings. The van der Waals surface area contributed by atoms with Crippen LogP contribution in [0.1, 0.15) is 26.3 Å². The first kappa shape index (κ1) is 15.6. The minimum atomic E-state index is -0.791. The fourth-order valence-electron chi connectivity index (χ4n) is 2.35. The van der Waals surface area contributed by atoms with Gasteiger partial charge in [0.1, 0.15) is 11.3 Å². The molecule has 0 bridgehead atoms. The molecule has 0 saturated heterocycles. The number of hydrogen-bond acceptors (Lipinski definition) is 5. The topological polar surface area (TPSA) is 72.8 Å². The average Bonchev–Trinajstić information content (AvgIpc) is 2.55. The van der Waals surface area contributed by atoms with Gasteiger partial charge in [0.25, 0.3) is 0 Å². The summed E-state index contributed by atoms with van der Waals surface area (Å²) in [5, 5.41) is 10.2. The third-order valence-electron chi connectivity index (χ3n) is 3.43. The molecule has 0 aromatic heterocycles.